The summed E-state index contributed by atoms with van der Waals surface area (Å²) in [5.41, 5.74) is 0. The lowest BCUT2D eigenvalue weighted by atomic mass is 10.0. The molecule has 380 valence electrons. The molecule has 0 fully saturated rings. The number of hydrogen-bond donors (Lipinski definition) is 3. The smallest absolute Gasteiger partial charge is 0.306 e. The van der Waals surface area contributed by atoms with Gasteiger partial charge >= 0.3 is 5.97 Å². The highest BCUT2D eigenvalue weighted by Gasteiger charge is 2.24. The quantitative estimate of drug-likeness (QED) is 0.0245. The third-order valence-electron chi connectivity index (χ3n) is 12.2. The fourth-order valence-electron chi connectivity index (χ4n) is 8.06. The van der Waals surface area contributed by atoms with Crippen molar-refractivity contribution in [2.24, 2.45) is 0 Å². The van der Waals surface area contributed by atoms with Gasteiger partial charge in [-0.2, -0.15) is 0 Å². The first-order valence-corrected chi connectivity index (χ1v) is 27.8. The van der Waals surface area contributed by atoms with Crippen molar-refractivity contribution in [3.8, 4) is 0 Å². The van der Waals surface area contributed by atoms with E-state index in [0.29, 0.717) is 19.3 Å². The van der Waals surface area contributed by atoms with E-state index in [1.54, 1.807) is 0 Å². The summed E-state index contributed by atoms with van der Waals surface area (Å²) in [4.78, 5) is 26.2. The van der Waals surface area contributed by atoms with E-state index in [1.807, 2.05) is 6.08 Å². The van der Waals surface area contributed by atoms with Gasteiger partial charge in [0.2, 0.25) is 5.91 Å². The summed E-state index contributed by atoms with van der Waals surface area (Å²) in [6, 6.07) is -0.729. The van der Waals surface area contributed by atoms with Gasteiger partial charge in [0.25, 0.3) is 0 Å². The second-order valence-corrected chi connectivity index (χ2v) is 18.6. The number of aliphatic hydroxyl groups is 2. The number of allylic oxidation sites excluding steroid dienone is 14. The van der Waals surface area contributed by atoms with Crippen molar-refractivity contribution in [1.82, 2.24) is 5.32 Å². The van der Waals surface area contributed by atoms with Gasteiger partial charge in [-0.05, 0) is 83.5 Å². The molecule has 0 aliphatic rings. The molecule has 3 atom stereocenters. The number of ether oxygens (including phenoxy) is 1. The molecule has 0 radical (unpaired) electrons. The minimum Gasteiger partial charge on any atom is -0.462 e. The summed E-state index contributed by atoms with van der Waals surface area (Å²) in [6.45, 7) is 6.35. The number of aliphatic hydroxyl groups excluding tert-OH is 2. The molecule has 0 aromatic carbocycles. The Morgan fingerprint density at radius 2 is 0.864 bits per heavy atom. The van der Waals surface area contributed by atoms with Gasteiger partial charge in [0.05, 0.1) is 25.2 Å². The molecule has 3 N–H and O–H groups in total. The second-order valence-electron chi connectivity index (χ2n) is 18.6. The number of nitrogens with one attached hydrogen (secondary N) is 1. The van der Waals surface area contributed by atoms with Gasteiger partial charge in [0, 0.05) is 6.42 Å². The van der Waals surface area contributed by atoms with E-state index in [4.69, 9.17) is 4.74 Å². The lowest BCUT2D eigenvalue weighted by Gasteiger charge is -2.24. The topological polar surface area (TPSA) is 95.9 Å². The van der Waals surface area contributed by atoms with Gasteiger partial charge in [0.15, 0.2) is 0 Å². The molecule has 1 amide bonds. The molecule has 0 heterocycles. The van der Waals surface area contributed by atoms with Crippen LogP contribution in [0, 0.1) is 0 Å². The lowest BCUT2D eigenvalue weighted by molar-refractivity contribution is -0.150. The second kappa shape index (κ2) is 53.0. The Morgan fingerprint density at radius 1 is 0.470 bits per heavy atom. The Hall–Kier alpha value is -2.96. The molecule has 0 spiro atoms. The van der Waals surface area contributed by atoms with Gasteiger partial charge in [-0.3, -0.25) is 9.59 Å². The van der Waals surface area contributed by atoms with E-state index in [0.717, 1.165) is 83.5 Å². The zero-order chi connectivity index (χ0) is 48.1. The Kier molecular flexibility index (Phi) is 50.6. The first kappa shape index (κ1) is 63.0. The summed E-state index contributed by atoms with van der Waals surface area (Å²) in [7, 11) is 0. The number of rotatable bonds is 49. The molecule has 0 aliphatic carbocycles. The molecule has 6 nitrogen and oxygen atoms in total. The Morgan fingerprint density at radius 3 is 1.32 bits per heavy atom. The van der Waals surface area contributed by atoms with Crippen molar-refractivity contribution in [2.45, 2.75) is 277 Å². The summed E-state index contributed by atoms with van der Waals surface area (Å²) < 4.78 is 5.89. The highest BCUT2D eigenvalue weighted by molar-refractivity contribution is 5.77. The van der Waals surface area contributed by atoms with E-state index in [1.165, 1.54) is 122 Å². The van der Waals surface area contributed by atoms with Crippen LogP contribution in [-0.4, -0.2) is 46.9 Å². The van der Waals surface area contributed by atoms with Gasteiger partial charge in [-0.1, -0.05) is 247 Å². The van der Waals surface area contributed by atoms with Gasteiger partial charge in [-0.25, -0.2) is 0 Å². The Labute approximate surface area is 408 Å². The van der Waals surface area contributed by atoms with Crippen molar-refractivity contribution >= 4 is 11.9 Å². The number of carbonyl (C=O) groups is 2. The average molecular weight is 921 g/mol. The highest BCUT2D eigenvalue weighted by atomic mass is 16.5. The maximum Gasteiger partial charge on any atom is 0.306 e. The zero-order valence-electron chi connectivity index (χ0n) is 43.3. The third-order valence-corrected chi connectivity index (χ3v) is 12.2. The fourth-order valence-corrected chi connectivity index (χ4v) is 8.06. The largest absolute Gasteiger partial charge is 0.462 e. The molecule has 0 saturated heterocycles. The van der Waals surface area contributed by atoms with Crippen LogP contribution >= 0.6 is 0 Å². The number of unbranched alkanes of at least 4 members (excludes halogenated alkanes) is 24. The van der Waals surface area contributed by atoms with Crippen LogP contribution in [0.5, 0.6) is 0 Å². The third kappa shape index (κ3) is 47.5. The van der Waals surface area contributed by atoms with Crippen LogP contribution in [-0.2, 0) is 14.3 Å². The predicted octanol–water partition coefficient (Wildman–Crippen LogP) is 17.1. The normalized spacial score (nSPS) is 13.8. The molecule has 3 unspecified atom stereocenters. The Balaban J connectivity index is 4.73. The summed E-state index contributed by atoms with van der Waals surface area (Å²) >= 11 is 0. The van der Waals surface area contributed by atoms with Crippen LogP contribution in [0.15, 0.2) is 85.1 Å². The van der Waals surface area contributed by atoms with E-state index in [-0.39, 0.29) is 31.3 Å². The van der Waals surface area contributed by atoms with Crippen molar-refractivity contribution in [1.29, 1.82) is 0 Å². The summed E-state index contributed by atoms with van der Waals surface area (Å²) in [5.74, 6) is -0.599. The van der Waals surface area contributed by atoms with Crippen LogP contribution in [0.3, 0.4) is 0 Å². The average Bonchev–Trinajstić information content (AvgIpc) is 3.31. The van der Waals surface area contributed by atoms with E-state index >= 15 is 0 Å². The molecule has 0 bridgehead atoms. The number of amides is 1. The molecular weight excluding hydrogens is 815 g/mol. The van der Waals surface area contributed by atoms with Gasteiger partial charge in [-0.15, -0.1) is 0 Å². The molecule has 0 aromatic heterocycles. The first-order chi connectivity index (χ1) is 32.5. The molecule has 0 rings (SSSR count). The molecule has 66 heavy (non-hydrogen) atoms. The summed E-state index contributed by atoms with van der Waals surface area (Å²) in [6.07, 6.45) is 69.4. The van der Waals surface area contributed by atoms with Crippen molar-refractivity contribution in [3.05, 3.63) is 85.1 Å². The standard InChI is InChI=1S/C60H105NO5/c1-4-7-10-13-16-19-22-25-28-31-33-36-39-42-45-48-51-56(66-60(65)53-50-47-44-41-38-35-32-29-26-23-20-17-14-11-8-5-2)54-59(64)61-57(55-62)58(63)52-49-46-43-40-37-34-30-27-24-21-18-15-12-9-6-3/h8,11,17,20,26,28-29,31,33,35-36,38,44,47,56-58,62-63H,4-7,9-10,12-16,18-19,21-25,27,30,32,34,37,39-43,45-46,48-55H2,1-3H3,(H,61,64)/b11-8+,20-17+,29-26+,31-28+,36-33+,38-35+,47-44+. The van der Waals surface area contributed by atoms with E-state index in [9.17, 15) is 19.8 Å². The van der Waals surface area contributed by atoms with E-state index in [2.05, 4.69) is 105 Å². The zero-order valence-corrected chi connectivity index (χ0v) is 43.3. The monoisotopic (exact) mass is 920 g/mol. The molecule has 0 aliphatic heterocycles. The maximum atomic E-state index is 13.2. The fraction of sp³-hybridized carbons (Fsp3) is 0.733. The van der Waals surface area contributed by atoms with Gasteiger partial charge in [0.1, 0.15) is 6.10 Å². The SMILES string of the molecule is CC/C=C/C/C=C/C/C=C/C/C=C/C/C=C/CCC(=O)OC(CCCCC/C=C/C=C/CCCCCCCCC)CC(=O)NC(CO)C(O)CCCCCCCCCCCCCCCCC. The molecule has 0 aromatic rings. The lowest BCUT2D eigenvalue weighted by Crippen LogP contribution is -2.46. The highest BCUT2D eigenvalue weighted by Crippen LogP contribution is 2.17. The number of hydrogen-bond acceptors (Lipinski definition) is 5. The van der Waals surface area contributed by atoms with Crippen LogP contribution in [0.25, 0.3) is 0 Å². The number of carbonyl (C=O) groups excluding carboxylic acids is 2. The van der Waals surface area contributed by atoms with Gasteiger partial charge < -0.3 is 20.3 Å². The number of esters is 1. The van der Waals surface area contributed by atoms with Crippen molar-refractivity contribution in [3.63, 3.8) is 0 Å². The van der Waals surface area contributed by atoms with Crippen LogP contribution < -0.4 is 5.32 Å². The molecule has 6 heteroatoms. The summed E-state index contributed by atoms with van der Waals surface area (Å²) in [5, 5.41) is 23.8. The minimum absolute atomic E-state index is 0.0268. The first-order valence-electron chi connectivity index (χ1n) is 27.8. The maximum absolute atomic E-state index is 13.2. The Bertz CT molecular complexity index is 1260. The predicted molar refractivity (Wildman–Crippen MR) is 287 cm³/mol. The van der Waals surface area contributed by atoms with E-state index < -0.39 is 18.2 Å². The van der Waals surface area contributed by atoms with Crippen molar-refractivity contribution < 1.29 is 24.5 Å². The molecular formula is C60H105NO5. The van der Waals surface area contributed by atoms with Crippen LogP contribution in [0.4, 0.5) is 0 Å². The van der Waals surface area contributed by atoms with Crippen molar-refractivity contribution in [2.75, 3.05) is 6.61 Å². The minimum atomic E-state index is -0.811. The van der Waals surface area contributed by atoms with Crippen LogP contribution in [0.1, 0.15) is 258 Å². The van der Waals surface area contributed by atoms with Crippen LogP contribution in [0.2, 0.25) is 0 Å². The molecule has 0 saturated carbocycles.